The Labute approximate surface area is 147 Å². The molecule has 3 rings (SSSR count). The molecule has 24 heavy (non-hydrogen) atoms. The molecule has 1 aliphatic rings. The number of halogens is 3. The summed E-state index contributed by atoms with van der Waals surface area (Å²) in [7, 11) is 0. The molecule has 1 aromatic carbocycles. The van der Waals surface area contributed by atoms with Crippen LogP contribution in [0.15, 0.2) is 12.1 Å². The number of aliphatic hydroxyl groups excluding tert-OH is 1. The van der Waals surface area contributed by atoms with Gasteiger partial charge in [0.1, 0.15) is 11.5 Å². The van der Waals surface area contributed by atoms with Gasteiger partial charge in [0.15, 0.2) is 5.82 Å². The second kappa shape index (κ2) is 7.02. The standard InChI is InChI=1S/C14H15Cl2FN6O/c15-10-4-7(17)3-9(11(10)16)12-13(18)20-14(22-21-12)23-2-1-19-8(5-23)6-24/h3-4,8,19,24H,1-2,5-6H2,(H2,18,20,22)/t8-/m1/s1. The molecule has 1 aromatic heterocycles. The zero-order chi connectivity index (χ0) is 17.3. The zero-order valence-electron chi connectivity index (χ0n) is 12.5. The molecule has 2 heterocycles. The van der Waals surface area contributed by atoms with Gasteiger partial charge in [0.05, 0.1) is 16.7 Å². The maximum atomic E-state index is 13.6. The lowest BCUT2D eigenvalue weighted by Crippen LogP contribution is -2.52. The van der Waals surface area contributed by atoms with Crippen LogP contribution in [0.25, 0.3) is 11.3 Å². The van der Waals surface area contributed by atoms with Crippen LogP contribution in [0, 0.1) is 5.82 Å². The quantitative estimate of drug-likeness (QED) is 0.698. The summed E-state index contributed by atoms with van der Waals surface area (Å²) in [4.78, 5) is 6.10. The number of nitrogen functional groups attached to an aromatic ring is 1. The van der Waals surface area contributed by atoms with Gasteiger partial charge in [-0.1, -0.05) is 23.2 Å². The largest absolute Gasteiger partial charge is 0.395 e. The average molecular weight is 373 g/mol. The second-order valence-corrected chi connectivity index (χ2v) is 6.16. The number of hydrogen-bond acceptors (Lipinski definition) is 7. The van der Waals surface area contributed by atoms with E-state index < -0.39 is 5.82 Å². The Morgan fingerprint density at radius 2 is 2.17 bits per heavy atom. The molecule has 0 saturated carbocycles. The molecule has 0 spiro atoms. The van der Waals surface area contributed by atoms with Gasteiger partial charge >= 0.3 is 0 Å². The molecule has 7 nitrogen and oxygen atoms in total. The number of nitrogens with one attached hydrogen (secondary N) is 1. The molecule has 128 valence electrons. The topological polar surface area (TPSA) is 100 Å². The lowest BCUT2D eigenvalue weighted by molar-refractivity contribution is 0.235. The Kier molecular flexibility index (Phi) is 5.00. The molecule has 2 aromatic rings. The smallest absolute Gasteiger partial charge is 0.247 e. The molecule has 10 heteroatoms. The minimum Gasteiger partial charge on any atom is -0.395 e. The summed E-state index contributed by atoms with van der Waals surface area (Å²) in [5, 5.41) is 20.7. The third kappa shape index (κ3) is 3.36. The van der Waals surface area contributed by atoms with E-state index >= 15 is 0 Å². The van der Waals surface area contributed by atoms with Crippen molar-refractivity contribution in [1.29, 1.82) is 0 Å². The molecule has 0 aliphatic carbocycles. The van der Waals surface area contributed by atoms with Crippen LogP contribution in [0.5, 0.6) is 0 Å². The van der Waals surface area contributed by atoms with Crippen molar-refractivity contribution in [3.63, 3.8) is 0 Å². The maximum Gasteiger partial charge on any atom is 0.247 e. The molecular formula is C14H15Cl2FN6O. The van der Waals surface area contributed by atoms with E-state index in [1.807, 2.05) is 4.90 Å². The fraction of sp³-hybridized carbons (Fsp3) is 0.357. The molecule has 1 fully saturated rings. The second-order valence-electron chi connectivity index (χ2n) is 5.37. The first-order chi connectivity index (χ1) is 11.5. The van der Waals surface area contributed by atoms with Crippen LogP contribution in [0.1, 0.15) is 0 Å². The minimum atomic E-state index is -0.558. The van der Waals surface area contributed by atoms with E-state index in [2.05, 4.69) is 20.5 Å². The summed E-state index contributed by atoms with van der Waals surface area (Å²) < 4.78 is 13.6. The number of benzene rings is 1. The van der Waals surface area contributed by atoms with Crippen LogP contribution >= 0.6 is 23.2 Å². The third-order valence-corrected chi connectivity index (χ3v) is 4.51. The lowest BCUT2D eigenvalue weighted by Gasteiger charge is -2.32. The number of piperazine rings is 1. The number of anilines is 2. The van der Waals surface area contributed by atoms with Gasteiger partial charge in [-0.2, -0.15) is 4.98 Å². The molecule has 0 bridgehead atoms. The van der Waals surface area contributed by atoms with E-state index in [9.17, 15) is 9.50 Å². The number of nitrogens with zero attached hydrogens (tertiary/aromatic N) is 4. The molecule has 0 amide bonds. The van der Waals surface area contributed by atoms with E-state index in [1.54, 1.807) is 0 Å². The number of rotatable bonds is 3. The van der Waals surface area contributed by atoms with Crippen LogP contribution < -0.4 is 16.0 Å². The first-order valence-corrected chi connectivity index (χ1v) is 7.99. The summed E-state index contributed by atoms with van der Waals surface area (Å²) in [5.74, 6) is -0.143. The van der Waals surface area contributed by atoms with Gasteiger partial charge in [0, 0.05) is 31.2 Å². The highest BCUT2D eigenvalue weighted by Gasteiger charge is 2.22. The van der Waals surface area contributed by atoms with Crippen molar-refractivity contribution in [1.82, 2.24) is 20.5 Å². The number of nitrogens with two attached hydrogens (primary N) is 1. The van der Waals surface area contributed by atoms with Crippen LogP contribution in [-0.2, 0) is 0 Å². The monoisotopic (exact) mass is 372 g/mol. The average Bonchev–Trinajstić information content (AvgIpc) is 2.58. The molecule has 1 atom stereocenters. The fourth-order valence-corrected chi connectivity index (χ4v) is 2.92. The van der Waals surface area contributed by atoms with Gasteiger partial charge in [-0.05, 0) is 12.1 Å². The van der Waals surface area contributed by atoms with Crippen molar-refractivity contribution in [2.24, 2.45) is 0 Å². The third-order valence-electron chi connectivity index (χ3n) is 3.71. The van der Waals surface area contributed by atoms with E-state index in [1.165, 1.54) is 6.07 Å². The molecular weight excluding hydrogens is 358 g/mol. The summed E-state index contributed by atoms with van der Waals surface area (Å²) in [6.07, 6.45) is 0. The first kappa shape index (κ1) is 17.1. The summed E-state index contributed by atoms with van der Waals surface area (Å²) in [6, 6.07) is 2.22. The van der Waals surface area contributed by atoms with Gasteiger partial charge in [0.25, 0.3) is 0 Å². The van der Waals surface area contributed by atoms with Gasteiger partial charge in [-0.3, -0.25) is 0 Å². The highest BCUT2D eigenvalue weighted by molar-refractivity contribution is 6.43. The number of hydrogen-bond donors (Lipinski definition) is 3. The minimum absolute atomic E-state index is 0.00882. The Morgan fingerprint density at radius 1 is 1.38 bits per heavy atom. The van der Waals surface area contributed by atoms with Crippen LogP contribution in [0.3, 0.4) is 0 Å². The number of aliphatic hydroxyl groups is 1. The van der Waals surface area contributed by atoms with Crippen LogP contribution in [-0.4, -0.2) is 52.6 Å². The van der Waals surface area contributed by atoms with Crippen molar-refractivity contribution in [2.45, 2.75) is 6.04 Å². The highest BCUT2D eigenvalue weighted by Crippen LogP contribution is 2.35. The highest BCUT2D eigenvalue weighted by atomic mass is 35.5. The summed E-state index contributed by atoms with van der Waals surface area (Å²) in [5.41, 5.74) is 6.37. The van der Waals surface area contributed by atoms with Crippen molar-refractivity contribution in [2.75, 3.05) is 36.9 Å². The number of aromatic nitrogens is 3. The zero-order valence-corrected chi connectivity index (χ0v) is 14.0. The maximum absolute atomic E-state index is 13.6. The lowest BCUT2D eigenvalue weighted by atomic mass is 10.1. The Morgan fingerprint density at radius 3 is 2.88 bits per heavy atom. The van der Waals surface area contributed by atoms with Crippen molar-refractivity contribution >= 4 is 35.0 Å². The molecule has 4 N–H and O–H groups in total. The molecule has 0 radical (unpaired) electrons. The van der Waals surface area contributed by atoms with Gasteiger partial charge < -0.3 is 21.1 Å². The van der Waals surface area contributed by atoms with Gasteiger partial charge in [-0.15, -0.1) is 10.2 Å². The van der Waals surface area contributed by atoms with E-state index in [0.717, 1.165) is 6.07 Å². The van der Waals surface area contributed by atoms with E-state index in [0.29, 0.717) is 25.6 Å². The van der Waals surface area contributed by atoms with E-state index in [4.69, 9.17) is 28.9 Å². The Bertz CT molecular complexity index is 762. The van der Waals surface area contributed by atoms with Crippen LogP contribution in [0.4, 0.5) is 16.2 Å². The van der Waals surface area contributed by atoms with Crippen molar-refractivity contribution in [3.8, 4) is 11.3 Å². The predicted octanol–water partition coefficient (Wildman–Crippen LogP) is 1.34. The van der Waals surface area contributed by atoms with Crippen LogP contribution in [0.2, 0.25) is 10.0 Å². The SMILES string of the molecule is Nc1nc(N2CCN[C@@H](CO)C2)nnc1-c1cc(F)cc(Cl)c1Cl. The first-order valence-electron chi connectivity index (χ1n) is 7.24. The van der Waals surface area contributed by atoms with Gasteiger partial charge in [-0.25, -0.2) is 4.39 Å². The van der Waals surface area contributed by atoms with Crippen molar-refractivity contribution in [3.05, 3.63) is 28.0 Å². The van der Waals surface area contributed by atoms with Crippen molar-refractivity contribution < 1.29 is 9.50 Å². The van der Waals surface area contributed by atoms with Gasteiger partial charge in [0.2, 0.25) is 5.95 Å². The predicted molar refractivity (Wildman–Crippen MR) is 90.7 cm³/mol. The molecule has 1 aliphatic heterocycles. The Hall–Kier alpha value is -1.74. The normalized spacial score (nSPS) is 18.0. The van der Waals surface area contributed by atoms with E-state index in [-0.39, 0.29) is 39.8 Å². The Balaban J connectivity index is 1.93. The molecule has 1 saturated heterocycles. The molecule has 0 unspecified atom stereocenters. The summed E-state index contributed by atoms with van der Waals surface area (Å²) in [6.45, 7) is 1.88. The fourth-order valence-electron chi connectivity index (χ4n) is 2.51. The summed E-state index contributed by atoms with van der Waals surface area (Å²) >= 11 is 12.0.